The molecule has 0 aromatic carbocycles. The van der Waals surface area contributed by atoms with Crippen molar-refractivity contribution in [2.24, 2.45) is 5.41 Å². The first kappa shape index (κ1) is 11.0. The number of rotatable bonds is 3. The average molecular weight is 222 g/mol. The molecule has 0 heterocycles. The average Bonchev–Trinajstić information content (AvgIpc) is 2.77. The zero-order valence-corrected chi connectivity index (χ0v) is 8.50. The quantitative estimate of drug-likeness (QED) is 0.488. The Bertz CT molecular complexity index is 383. The molecule has 0 unspecified atom stereocenters. The third-order valence-electron chi connectivity index (χ3n) is 2.34. The van der Waals surface area contributed by atoms with Crippen LogP contribution in [0.5, 0.6) is 0 Å². The maximum atomic E-state index is 11.1. The van der Waals surface area contributed by atoms with E-state index in [0.29, 0.717) is 0 Å². The molecule has 0 bridgehead atoms. The summed E-state index contributed by atoms with van der Waals surface area (Å²) in [6.45, 7) is 0. The molecule has 0 radical (unpaired) electrons. The lowest BCUT2D eigenvalue weighted by Gasteiger charge is -2.08. The number of hydrogen-bond acceptors (Lipinski definition) is 5. The van der Waals surface area contributed by atoms with Gasteiger partial charge < -0.3 is 9.84 Å². The standard InChI is InChI=1S/C7H10O6S/c1-13-6(10)7(5(8)9)3-4(7)14(2,11)12/h4H,3H2,1-2H3,(H,8,9)/t4-,7-/m1/s1. The summed E-state index contributed by atoms with van der Waals surface area (Å²) in [5, 5.41) is 7.62. The van der Waals surface area contributed by atoms with Crippen molar-refractivity contribution in [3.63, 3.8) is 0 Å². The minimum atomic E-state index is -3.52. The van der Waals surface area contributed by atoms with Crippen LogP contribution in [0.15, 0.2) is 0 Å². The fourth-order valence-electron chi connectivity index (χ4n) is 1.46. The number of carbonyl (C=O) groups is 2. The van der Waals surface area contributed by atoms with Gasteiger partial charge >= 0.3 is 11.9 Å². The summed E-state index contributed by atoms with van der Waals surface area (Å²) in [6, 6.07) is 0. The molecule has 7 heteroatoms. The van der Waals surface area contributed by atoms with Crippen molar-refractivity contribution in [1.82, 2.24) is 0 Å². The van der Waals surface area contributed by atoms with Gasteiger partial charge in [0.25, 0.3) is 0 Å². The number of aliphatic carboxylic acids is 1. The Kier molecular flexibility index (Phi) is 2.31. The molecule has 6 nitrogen and oxygen atoms in total. The predicted octanol–water partition coefficient (Wildman–Crippen LogP) is -0.953. The number of carbonyl (C=O) groups excluding carboxylic acids is 1. The van der Waals surface area contributed by atoms with Gasteiger partial charge in [0.2, 0.25) is 0 Å². The minimum Gasteiger partial charge on any atom is -0.480 e. The van der Waals surface area contributed by atoms with Crippen molar-refractivity contribution in [3.8, 4) is 0 Å². The smallest absolute Gasteiger partial charge is 0.324 e. The van der Waals surface area contributed by atoms with Crippen LogP contribution in [0.1, 0.15) is 6.42 Å². The molecule has 0 aliphatic heterocycles. The molecular formula is C7H10O6S. The molecule has 1 aliphatic carbocycles. The molecule has 0 aromatic heterocycles. The van der Waals surface area contributed by atoms with E-state index in [1.54, 1.807) is 0 Å². The van der Waals surface area contributed by atoms with Crippen LogP contribution in [0.25, 0.3) is 0 Å². The van der Waals surface area contributed by atoms with E-state index >= 15 is 0 Å². The highest BCUT2D eigenvalue weighted by Gasteiger charge is 2.71. The zero-order valence-electron chi connectivity index (χ0n) is 7.68. The first-order valence-electron chi connectivity index (χ1n) is 3.77. The largest absolute Gasteiger partial charge is 0.480 e. The van der Waals surface area contributed by atoms with E-state index in [2.05, 4.69) is 4.74 Å². The molecular weight excluding hydrogens is 212 g/mol. The second kappa shape index (κ2) is 2.94. The van der Waals surface area contributed by atoms with Crippen molar-refractivity contribution >= 4 is 21.8 Å². The van der Waals surface area contributed by atoms with Crippen molar-refractivity contribution in [2.45, 2.75) is 11.7 Å². The summed E-state index contributed by atoms with van der Waals surface area (Å²) in [4.78, 5) is 21.9. The fraction of sp³-hybridized carbons (Fsp3) is 0.714. The van der Waals surface area contributed by atoms with Crippen LogP contribution < -0.4 is 0 Å². The van der Waals surface area contributed by atoms with Gasteiger partial charge in [-0.2, -0.15) is 0 Å². The molecule has 1 saturated carbocycles. The van der Waals surface area contributed by atoms with Crippen molar-refractivity contribution in [1.29, 1.82) is 0 Å². The number of esters is 1. The maximum absolute atomic E-state index is 11.1. The van der Waals surface area contributed by atoms with E-state index in [4.69, 9.17) is 5.11 Å². The summed E-state index contributed by atoms with van der Waals surface area (Å²) in [7, 11) is -2.49. The summed E-state index contributed by atoms with van der Waals surface area (Å²) >= 11 is 0. The highest BCUT2D eigenvalue weighted by molar-refractivity contribution is 7.91. The maximum Gasteiger partial charge on any atom is 0.324 e. The first-order valence-corrected chi connectivity index (χ1v) is 5.73. The molecule has 1 rings (SSSR count). The highest BCUT2D eigenvalue weighted by atomic mass is 32.2. The van der Waals surface area contributed by atoms with E-state index in [9.17, 15) is 18.0 Å². The molecule has 0 saturated heterocycles. The third-order valence-corrected chi connectivity index (χ3v) is 3.95. The van der Waals surface area contributed by atoms with Crippen LogP contribution in [0.4, 0.5) is 0 Å². The SMILES string of the molecule is COC(=O)[C@]1(C(=O)O)C[C@H]1S(C)(=O)=O. The van der Waals surface area contributed by atoms with Crippen LogP contribution in [0.3, 0.4) is 0 Å². The number of hydrogen-bond donors (Lipinski definition) is 1. The lowest BCUT2D eigenvalue weighted by atomic mass is 10.1. The number of carboxylic acids is 1. The van der Waals surface area contributed by atoms with Gasteiger partial charge in [0.15, 0.2) is 15.3 Å². The van der Waals surface area contributed by atoms with Crippen LogP contribution >= 0.6 is 0 Å². The number of methoxy groups -OCH3 is 1. The Morgan fingerprint density at radius 1 is 1.50 bits per heavy atom. The van der Waals surface area contributed by atoms with Gasteiger partial charge in [0.1, 0.15) is 0 Å². The van der Waals surface area contributed by atoms with E-state index < -0.39 is 32.4 Å². The van der Waals surface area contributed by atoms with Gasteiger partial charge in [-0.25, -0.2) is 8.42 Å². The summed E-state index contributed by atoms with van der Waals surface area (Å²) in [5.41, 5.74) is -1.87. The van der Waals surface area contributed by atoms with Crippen LogP contribution in [0, 0.1) is 5.41 Å². The van der Waals surface area contributed by atoms with Gasteiger partial charge in [-0.15, -0.1) is 0 Å². The number of ether oxygens (including phenoxy) is 1. The van der Waals surface area contributed by atoms with Crippen molar-refractivity contribution in [3.05, 3.63) is 0 Å². The van der Waals surface area contributed by atoms with E-state index in [-0.39, 0.29) is 6.42 Å². The van der Waals surface area contributed by atoms with Crippen LogP contribution in [-0.4, -0.2) is 44.1 Å². The molecule has 80 valence electrons. The van der Waals surface area contributed by atoms with E-state index in [0.717, 1.165) is 13.4 Å². The van der Waals surface area contributed by atoms with Gasteiger partial charge in [-0.3, -0.25) is 9.59 Å². The highest BCUT2D eigenvalue weighted by Crippen LogP contribution is 2.51. The third kappa shape index (κ3) is 1.37. The van der Waals surface area contributed by atoms with E-state index in [1.165, 1.54) is 0 Å². The molecule has 1 fully saturated rings. The van der Waals surface area contributed by atoms with Crippen LogP contribution in [-0.2, 0) is 24.2 Å². The molecule has 14 heavy (non-hydrogen) atoms. The second-order valence-electron chi connectivity index (χ2n) is 3.29. The topological polar surface area (TPSA) is 97.7 Å². The summed E-state index contributed by atoms with van der Waals surface area (Å²) in [6.07, 6.45) is 0.707. The van der Waals surface area contributed by atoms with Gasteiger partial charge in [0.05, 0.1) is 12.4 Å². The molecule has 0 aromatic rings. The van der Waals surface area contributed by atoms with Crippen molar-refractivity contribution < 1.29 is 27.9 Å². The van der Waals surface area contributed by atoms with Crippen LogP contribution in [0.2, 0.25) is 0 Å². The molecule has 0 amide bonds. The van der Waals surface area contributed by atoms with Gasteiger partial charge in [0, 0.05) is 6.26 Å². The summed E-state index contributed by atoms with van der Waals surface area (Å²) < 4.78 is 26.4. The normalized spacial score (nSPS) is 30.9. The molecule has 0 spiro atoms. The molecule has 1 aliphatic rings. The first-order chi connectivity index (χ1) is 6.26. The van der Waals surface area contributed by atoms with Gasteiger partial charge in [-0.1, -0.05) is 0 Å². The second-order valence-corrected chi connectivity index (χ2v) is 5.52. The lowest BCUT2D eigenvalue weighted by Crippen LogP contribution is -2.32. The molecule has 2 atom stereocenters. The Balaban J connectivity index is 3.05. The minimum absolute atomic E-state index is 0.201. The Hall–Kier alpha value is -1.11. The van der Waals surface area contributed by atoms with Crippen molar-refractivity contribution in [2.75, 3.05) is 13.4 Å². The molecule has 1 N–H and O–H groups in total. The lowest BCUT2D eigenvalue weighted by molar-refractivity contribution is -0.158. The number of sulfone groups is 1. The Morgan fingerprint density at radius 3 is 2.21 bits per heavy atom. The Morgan fingerprint density at radius 2 is 2.00 bits per heavy atom. The van der Waals surface area contributed by atoms with Gasteiger partial charge in [-0.05, 0) is 6.42 Å². The monoisotopic (exact) mass is 222 g/mol. The predicted molar refractivity (Wildman–Crippen MR) is 45.3 cm³/mol. The Labute approximate surface area is 80.8 Å². The summed E-state index contributed by atoms with van der Waals surface area (Å²) in [5.74, 6) is -2.44. The zero-order chi connectivity index (χ0) is 11.1. The van der Waals surface area contributed by atoms with E-state index in [1.807, 2.05) is 0 Å². The number of carboxylic acid groups (broad SMARTS) is 1. The fourth-order valence-corrected chi connectivity index (χ4v) is 2.95.